The van der Waals surface area contributed by atoms with E-state index in [2.05, 4.69) is 38.4 Å². The molecule has 0 aliphatic carbocycles. The first-order valence-electron chi connectivity index (χ1n) is 9.60. The number of rotatable bonds is 10. The highest BCUT2D eigenvalue weighted by molar-refractivity contribution is 9.10. The molecule has 0 unspecified atom stereocenters. The number of nitrogens with one attached hydrogen (secondary N) is 1. The largest absolute Gasteiger partial charge is 0.490 e. The van der Waals surface area contributed by atoms with Gasteiger partial charge in [-0.05, 0) is 41.4 Å². The fraction of sp³-hybridized carbons (Fsp3) is 0.273. The third-order valence-electron chi connectivity index (χ3n) is 4.06. The fourth-order valence-electron chi connectivity index (χ4n) is 2.58. The van der Waals surface area contributed by atoms with Crippen molar-refractivity contribution in [3.05, 3.63) is 57.9 Å². The first-order valence-corrected chi connectivity index (χ1v) is 11.3. The zero-order valence-electron chi connectivity index (χ0n) is 16.5. The van der Waals surface area contributed by atoms with Crippen molar-refractivity contribution in [3.63, 3.8) is 0 Å². The van der Waals surface area contributed by atoms with Crippen molar-refractivity contribution in [1.29, 1.82) is 0 Å². The minimum absolute atomic E-state index is 0.571. The van der Waals surface area contributed by atoms with E-state index in [1.807, 2.05) is 54.8 Å². The molecule has 3 rings (SSSR count). The maximum Gasteiger partial charge on any atom is 0.203 e. The third kappa shape index (κ3) is 6.05. The molecule has 0 atom stereocenters. The number of benzene rings is 2. The van der Waals surface area contributed by atoms with Gasteiger partial charge in [0.1, 0.15) is 0 Å². The average molecular weight is 474 g/mol. The molecule has 7 heteroatoms. The van der Waals surface area contributed by atoms with Crippen molar-refractivity contribution >= 4 is 38.6 Å². The number of unbranched alkanes of at least 4 members (excludes halogenated alkanes) is 1. The van der Waals surface area contributed by atoms with E-state index in [1.165, 1.54) is 11.3 Å². The summed E-state index contributed by atoms with van der Waals surface area (Å²) in [5.41, 5.74) is 5.91. The number of aromatic nitrogens is 1. The van der Waals surface area contributed by atoms with E-state index in [0.29, 0.717) is 19.0 Å². The number of hydrazone groups is 1. The minimum Gasteiger partial charge on any atom is -0.490 e. The summed E-state index contributed by atoms with van der Waals surface area (Å²) in [6.07, 6.45) is 3.84. The SMILES string of the molecule is CCCCOc1cc(Br)c(C=NNc2nc(-c3ccccc3)cs2)cc1OCC. The van der Waals surface area contributed by atoms with Gasteiger partial charge in [-0.25, -0.2) is 4.98 Å². The maximum atomic E-state index is 5.86. The third-order valence-corrected chi connectivity index (χ3v) is 5.49. The van der Waals surface area contributed by atoms with Gasteiger partial charge in [0.15, 0.2) is 11.5 Å². The standard InChI is InChI=1S/C22H24BrN3O2S/c1-3-5-11-28-21-13-18(23)17(12-20(21)27-4-2)14-24-26-22-25-19(15-29-22)16-9-7-6-8-10-16/h6-10,12-15H,3-5,11H2,1-2H3,(H,25,26). The summed E-state index contributed by atoms with van der Waals surface area (Å²) in [6, 6.07) is 13.9. The van der Waals surface area contributed by atoms with Gasteiger partial charge in [0, 0.05) is 21.0 Å². The quantitative estimate of drug-likeness (QED) is 0.204. The van der Waals surface area contributed by atoms with Gasteiger partial charge < -0.3 is 9.47 Å². The lowest BCUT2D eigenvalue weighted by Gasteiger charge is -2.13. The summed E-state index contributed by atoms with van der Waals surface area (Å²) in [6.45, 7) is 5.34. The van der Waals surface area contributed by atoms with Gasteiger partial charge in [-0.2, -0.15) is 5.10 Å². The molecule has 1 heterocycles. The van der Waals surface area contributed by atoms with Gasteiger partial charge in [-0.3, -0.25) is 5.43 Å². The van der Waals surface area contributed by atoms with E-state index in [-0.39, 0.29) is 0 Å². The van der Waals surface area contributed by atoms with Crippen LogP contribution in [0.1, 0.15) is 32.3 Å². The Balaban J connectivity index is 1.69. The lowest BCUT2D eigenvalue weighted by atomic mass is 10.2. The summed E-state index contributed by atoms with van der Waals surface area (Å²) < 4.78 is 12.5. The summed E-state index contributed by atoms with van der Waals surface area (Å²) >= 11 is 5.11. The Bertz CT molecular complexity index is 944. The van der Waals surface area contributed by atoms with Crippen molar-refractivity contribution in [2.75, 3.05) is 18.6 Å². The predicted molar refractivity (Wildman–Crippen MR) is 124 cm³/mol. The van der Waals surface area contributed by atoms with Crippen molar-refractivity contribution in [2.45, 2.75) is 26.7 Å². The van der Waals surface area contributed by atoms with E-state index >= 15 is 0 Å². The molecule has 152 valence electrons. The molecule has 0 aliphatic rings. The van der Waals surface area contributed by atoms with Crippen molar-refractivity contribution < 1.29 is 9.47 Å². The Morgan fingerprint density at radius 3 is 2.69 bits per heavy atom. The number of anilines is 1. The van der Waals surface area contributed by atoms with Crippen LogP contribution in [0, 0.1) is 0 Å². The van der Waals surface area contributed by atoms with Crippen LogP contribution in [-0.4, -0.2) is 24.4 Å². The van der Waals surface area contributed by atoms with Gasteiger partial charge in [0.05, 0.1) is 25.1 Å². The van der Waals surface area contributed by atoms with Crippen LogP contribution in [-0.2, 0) is 0 Å². The molecule has 2 aromatic carbocycles. The first-order chi connectivity index (χ1) is 14.2. The monoisotopic (exact) mass is 473 g/mol. The topological polar surface area (TPSA) is 55.7 Å². The summed E-state index contributed by atoms with van der Waals surface area (Å²) in [5, 5.41) is 7.08. The zero-order chi connectivity index (χ0) is 20.5. The molecule has 0 aliphatic heterocycles. The molecule has 29 heavy (non-hydrogen) atoms. The number of halogens is 1. The molecular weight excluding hydrogens is 450 g/mol. The zero-order valence-corrected chi connectivity index (χ0v) is 18.9. The number of hydrogen-bond acceptors (Lipinski definition) is 6. The number of nitrogens with zero attached hydrogens (tertiary/aromatic N) is 2. The second-order valence-corrected chi connectivity index (χ2v) is 7.94. The first kappa shape index (κ1) is 21.3. The molecule has 0 amide bonds. The molecule has 0 radical (unpaired) electrons. The molecule has 0 spiro atoms. The maximum absolute atomic E-state index is 5.86. The van der Waals surface area contributed by atoms with Crippen LogP contribution >= 0.6 is 27.3 Å². The summed E-state index contributed by atoms with van der Waals surface area (Å²) in [4.78, 5) is 4.57. The van der Waals surface area contributed by atoms with Crippen LogP contribution in [0.4, 0.5) is 5.13 Å². The van der Waals surface area contributed by atoms with E-state index < -0.39 is 0 Å². The highest BCUT2D eigenvalue weighted by Gasteiger charge is 2.10. The van der Waals surface area contributed by atoms with Crippen LogP contribution in [0.2, 0.25) is 0 Å². The Morgan fingerprint density at radius 2 is 1.93 bits per heavy atom. The normalized spacial score (nSPS) is 11.0. The fourth-order valence-corrected chi connectivity index (χ4v) is 3.67. The van der Waals surface area contributed by atoms with E-state index in [0.717, 1.165) is 45.0 Å². The van der Waals surface area contributed by atoms with Crippen LogP contribution in [0.3, 0.4) is 0 Å². The van der Waals surface area contributed by atoms with Crippen molar-refractivity contribution in [2.24, 2.45) is 5.10 Å². The van der Waals surface area contributed by atoms with E-state index in [1.54, 1.807) is 6.21 Å². The van der Waals surface area contributed by atoms with Gasteiger partial charge in [-0.1, -0.05) is 43.7 Å². The molecule has 3 aromatic rings. The number of hydrogen-bond donors (Lipinski definition) is 1. The van der Waals surface area contributed by atoms with Crippen molar-refractivity contribution in [1.82, 2.24) is 4.98 Å². The second kappa shape index (κ2) is 11.0. The molecule has 0 saturated heterocycles. The summed E-state index contributed by atoms with van der Waals surface area (Å²) in [7, 11) is 0. The average Bonchev–Trinajstić information content (AvgIpc) is 3.21. The Labute approximate surface area is 183 Å². The number of thiazole rings is 1. The Hall–Kier alpha value is -2.38. The van der Waals surface area contributed by atoms with Crippen LogP contribution in [0.25, 0.3) is 11.3 Å². The molecule has 5 nitrogen and oxygen atoms in total. The van der Waals surface area contributed by atoms with Gasteiger partial charge in [0.25, 0.3) is 0 Å². The Kier molecular flexibility index (Phi) is 8.07. The predicted octanol–water partition coefficient (Wildman–Crippen LogP) is 6.60. The van der Waals surface area contributed by atoms with Gasteiger partial charge >= 0.3 is 0 Å². The van der Waals surface area contributed by atoms with Crippen LogP contribution in [0.5, 0.6) is 11.5 Å². The minimum atomic E-state index is 0.571. The second-order valence-electron chi connectivity index (χ2n) is 6.23. The molecular formula is C22H24BrN3O2S. The van der Waals surface area contributed by atoms with Gasteiger partial charge in [0.2, 0.25) is 5.13 Å². The highest BCUT2D eigenvalue weighted by Crippen LogP contribution is 2.33. The molecule has 0 saturated carbocycles. The van der Waals surface area contributed by atoms with Gasteiger partial charge in [-0.15, -0.1) is 11.3 Å². The molecule has 0 bridgehead atoms. The number of ether oxygens (including phenoxy) is 2. The molecule has 0 fully saturated rings. The highest BCUT2D eigenvalue weighted by atomic mass is 79.9. The summed E-state index contributed by atoms with van der Waals surface area (Å²) in [5.74, 6) is 1.46. The van der Waals surface area contributed by atoms with E-state index in [4.69, 9.17) is 9.47 Å². The van der Waals surface area contributed by atoms with Crippen molar-refractivity contribution in [3.8, 4) is 22.8 Å². The lowest BCUT2D eigenvalue weighted by molar-refractivity contribution is 0.272. The molecule has 1 N–H and O–H groups in total. The van der Waals surface area contributed by atoms with Crippen LogP contribution < -0.4 is 14.9 Å². The van der Waals surface area contributed by atoms with E-state index in [9.17, 15) is 0 Å². The van der Waals surface area contributed by atoms with Crippen LogP contribution in [0.15, 0.2) is 57.4 Å². The lowest BCUT2D eigenvalue weighted by Crippen LogP contribution is -2.02. The smallest absolute Gasteiger partial charge is 0.203 e. The molecule has 1 aromatic heterocycles. The Morgan fingerprint density at radius 1 is 1.14 bits per heavy atom.